The predicted octanol–water partition coefficient (Wildman–Crippen LogP) is 1.50. The van der Waals surface area contributed by atoms with Gasteiger partial charge in [-0.15, -0.1) is 0 Å². The van der Waals surface area contributed by atoms with Crippen molar-refractivity contribution in [2.45, 2.75) is 43.8 Å². The van der Waals surface area contributed by atoms with E-state index in [1.807, 2.05) is 23.8 Å². The maximum Gasteiger partial charge on any atom is 0.143 e. The lowest BCUT2D eigenvalue weighted by Crippen LogP contribution is -2.34. The Labute approximate surface area is 172 Å². The number of ether oxygens (including phenoxy) is 1. The van der Waals surface area contributed by atoms with Gasteiger partial charge in [-0.1, -0.05) is 11.6 Å². The molecule has 8 nitrogen and oxygen atoms in total. The Hall–Kier alpha value is -2.23. The smallest absolute Gasteiger partial charge is 0.143 e. The van der Waals surface area contributed by atoms with Crippen LogP contribution < -0.4 is 10.5 Å². The Kier molecular flexibility index (Phi) is 5.46. The molecular weight excluding hydrogens is 396 g/mol. The number of aromatic nitrogens is 3. The number of aryl methyl sites for hydroxylation is 1. The number of halogens is 1. The van der Waals surface area contributed by atoms with Crippen LogP contribution in [0.3, 0.4) is 0 Å². The van der Waals surface area contributed by atoms with Crippen LogP contribution in [-0.2, 0) is 0 Å². The van der Waals surface area contributed by atoms with Crippen molar-refractivity contribution < 1.29 is 20.1 Å². The van der Waals surface area contributed by atoms with Gasteiger partial charge < -0.3 is 30.4 Å². The Morgan fingerprint density at radius 1 is 1.28 bits per heavy atom. The van der Waals surface area contributed by atoms with Crippen LogP contribution in [0.15, 0.2) is 36.8 Å². The van der Waals surface area contributed by atoms with Crippen LogP contribution in [0.4, 0.5) is 0 Å². The molecule has 1 aliphatic rings. The van der Waals surface area contributed by atoms with Crippen LogP contribution in [-0.4, -0.2) is 54.7 Å². The second-order valence-corrected chi connectivity index (χ2v) is 7.73. The Balaban J connectivity index is 1.62. The summed E-state index contributed by atoms with van der Waals surface area (Å²) in [6, 6.07) is 6.33. The average Bonchev–Trinajstić information content (AvgIpc) is 3.26. The number of nitrogens with two attached hydrogens (primary N) is 1. The van der Waals surface area contributed by atoms with Gasteiger partial charge in [0.05, 0.1) is 17.8 Å². The summed E-state index contributed by atoms with van der Waals surface area (Å²) in [7, 11) is 0. The van der Waals surface area contributed by atoms with Gasteiger partial charge in [0.2, 0.25) is 0 Å². The van der Waals surface area contributed by atoms with Crippen molar-refractivity contribution in [3.8, 4) is 5.75 Å². The lowest BCUT2D eigenvalue weighted by atomic mass is 10.1. The highest BCUT2D eigenvalue weighted by Crippen LogP contribution is 2.37. The molecule has 29 heavy (non-hydrogen) atoms. The third kappa shape index (κ3) is 3.58. The van der Waals surface area contributed by atoms with Crippen LogP contribution >= 0.6 is 11.6 Å². The summed E-state index contributed by atoms with van der Waals surface area (Å²) in [5, 5.41) is 32.8. The molecule has 9 heteroatoms. The molecular formula is C20H23ClN4O4. The molecule has 4 rings (SSSR count). The summed E-state index contributed by atoms with van der Waals surface area (Å²) in [6.45, 7) is 1.90. The summed E-state index contributed by atoms with van der Waals surface area (Å²) in [5.74, 6) is 0.375. The van der Waals surface area contributed by atoms with Crippen LogP contribution in [0.5, 0.6) is 5.75 Å². The molecule has 0 radical (unpaired) electrons. The number of aliphatic hydroxyl groups is 3. The number of fused-ring (bicyclic) bond motifs is 1. The van der Waals surface area contributed by atoms with E-state index in [9.17, 15) is 15.3 Å². The van der Waals surface area contributed by atoms with E-state index in [4.69, 9.17) is 22.1 Å². The minimum Gasteiger partial charge on any atom is -0.487 e. The van der Waals surface area contributed by atoms with Gasteiger partial charge in [0.15, 0.2) is 0 Å². The fourth-order valence-electron chi connectivity index (χ4n) is 3.90. The van der Waals surface area contributed by atoms with Crippen molar-refractivity contribution in [1.29, 1.82) is 0 Å². The van der Waals surface area contributed by atoms with Gasteiger partial charge in [-0.05, 0) is 31.2 Å². The maximum absolute atomic E-state index is 10.7. The molecule has 5 atom stereocenters. The van der Waals surface area contributed by atoms with Crippen molar-refractivity contribution in [2.24, 2.45) is 5.73 Å². The minimum absolute atomic E-state index is 0.00356. The molecule has 0 aliphatic heterocycles. The second kappa shape index (κ2) is 7.89. The predicted molar refractivity (Wildman–Crippen MR) is 108 cm³/mol. The first-order chi connectivity index (χ1) is 13.9. The van der Waals surface area contributed by atoms with Crippen LogP contribution in [0.25, 0.3) is 11.0 Å². The van der Waals surface area contributed by atoms with Gasteiger partial charge in [-0.25, -0.2) is 9.97 Å². The summed E-state index contributed by atoms with van der Waals surface area (Å²) in [6.07, 6.45) is -0.109. The molecule has 3 aromatic rings. The molecule has 3 unspecified atom stereocenters. The molecule has 0 amide bonds. The maximum atomic E-state index is 10.7. The van der Waals surface area contributed by atoms with Crippen LogP contribution in [0.2, 0.25) is 5.02 Å². The number of hydrogen-bond acceptors (Lipinski definition) is 7. The van der Waals surface area contributed by atoms with Crippen LogP contribution in [0, 0.1) is 6.92 Å². The fraction of sp³-hybridized carbons (Fsp3) is 0.400. The molecule has 0 spiro atoms. The molecule has 1 fully saturated rings. The van der Waals surface area contributed by atoms with Crippen molar-refractivity contribution in [2.75, 3.05) is 6.54 Å². The van der Waals surface area contributed by atoms with E-state index in [1.165, 1.54) is 6.33 Å². The van der Waals surface area contributed by atoms with Gasteiger partial charge in [0, 0.05) is 35.1 Å². The van der Waals surface area contributed by atoms with Crippen molar-refractivity contribution in [3.63, 3.8) is 0 Å². The first kappa shape index (κ1) is 20.1. The van der Waals surface area contributed by atoms with E-state index >= 15 is 0 Å². The summed E-state index contributed by atoms with van der Waals surface area (Å²) in [4.78, 5) is 8.52. The zero-order chi connectivity index (χ0) is 20.7. The van der Waals surface area contributed by atoms with Crippen molar-refractivity contribution >= 4 is 22.6 Å². The lowest BCUT2D eigenvalue weighted by Gasteiger charge is -2.21. The quantitative estimate of drug-likeness (QED) is 0.494. The average molecular weight is 419 g/mol. The Bertz CT molecular complexity index is 1030. The Morgan fingerprint density at radius 3 is 2.83 bits per heavy atom. The van der Waals surface area contributed by atoms with E-state index in [1.54, 1.807) is 18.2 Å². The van der Waals surface area contributed by atoms with E-state index in [2.05, 4.69) is 9.97 Å². The van der Waals surface area contributed by atoms with E-state index in [0.717, 1.165) is 11.1 Å². The van der Waals surface area contributed by atoms with Gasteiger partial charge in [0.1, 0.15) is 36.0 Å². The van der Waals surface area contributed by atoms with E-state index < -0.39 is 30.5 Å². The number of aliphatic hydroxyl groups excluding tert-OH is 3. The normalized spacial score (nSPS) is 25.4. The van der Waals surface area contributed by atoms with Gasteiger partial charge in [-0.2, -0.15) is 0 Å². The third-order valence-corrected chi connectivity index (χ3v) is 5.73. The molecule has 2 heterocycles. The number of nitrogens with zero attached hydrogens (tertiary/aromatic N) is 3. The van der Waals surface area contributed by atoms with Crippen molar-refractivity contribution in [3.05, 3.63) is 53.1 Å². The standard InChI is InChI=1S/C20H23ClN4O4/c1-10-12-4-5-25(20(12)24-9-23-10)14-7-17(19(28)18(14)27)29-16-3-2-11(21)6-13(16)15(26)8-22/h2-6,9,14-15,17-19,26-28H,7-8,22H2,1H3/t14?,15?,17?,18-,19+/m0/s1. The zero-order valence-corrected chi connectivity index (χ0v) is 16.6. The largest absolute Gasteiger partial charge is 0.487 e. The minimum atomic E-state index is -1.11. The second-order valence-electron chi connectivity index (χ2n) is 7.29. The highest BCUT2D eigenvalue weighted by atomic mass is 35.5. The molecule has 1 saturated carbocycles. The van der Waals surface area contributed by atoms with Crippen LogP contribution in [0.1, 0.15) is 29.8 Å². The SMILES string of the molecule is Cc1ncnc2c1ccn2C1CC(Oc2ccc(Cl)cc2C(O)CN)[C@@H](O)[C@H]1O. The summed E-state index contributed by atoms with van der Waals surface area (Å²) < 4.78 is 7.85. The van der Waals surface area contributed by atoms with E-state index in [-0.39, 0.29) is 6.54 Å². The third-order valence-electron chi connectivity index (χ3n) is 5.50. The van der Waals surface area contributed by atoms with Gasteiger partial charge >= 0.3 is 0 Å². The highest BCUT2D eigenvalue weighted by molar-refractivity contribution is 6.30. The first-order valence-electron chi connectivity index (χ1n) is 9.39. The first-order valence-corrected chi connectivity index (χ1v) is 9.77. The summed E-state index contributed by atoms with van der Waals surface area (Å²) in [5.41, 5.74) is 7.56. The molecule has 0 bridgehead atoms. The zero-order valence-electron chi connectivity index (χ0n) is 15.8. The monoisotopic (exact) mass is 418 g/mol. The fourth-order valence-corrected chi connectivity index (χ4v) is 4.08. The van der Waals surface area contributed by atoms with Crippen molar-refractivity contribution in [1.82, 2.24) is 14.5 Å². The summed E-state index contributed by atoms with van der Waals surface area (Å²) >= 11 is 6.03. The molecule has 1 aliphatic carbocycles. The highest BCUT2D eigenvalue weighted by Gasteiger charge is 2.44. The Morgan fingerprint density at radius 2 is 2.07 bits per heavy atom. The number of rotatable bonds is 5. The van der Waals surface area contributed by atoms with Gasteiger partial charge in [0.25, 0.3) is 0 Å². The number of hydrogen-bond donors (Lipinski definition) is 4. The van der Waals surface area contributed by atoms with E-state index in [0.29, 0.717) is 28.4 Å². The molecule has 0 saturated heterocycles. The topological polar surface area (TPSA) is 127 Å². The lowest BCUT2D eigenvalue weighted by molar-refractivity contribution is -0.0170. The number of benzene rings is 1. The molecule has 2 aromatic heterocycles. The molecule has 5 N–H and O–H groups in total. The molecule has 154 valence electrons. The van der Waals surface area contributed by atoms with Gasteiger partial charge in [-0.3, -0.25) is 0 Å². The molecule has 1 aromatic carbocycles.